The molecule has 0 atom stereocenters. The molecular weight excluding hydrogens is 424 g/mol. The van der Waals surface area contributed by atoms with E-state index in [2.05, 4.69) is 25.7 Å². The van der Waals surface area contributed by atoms with E-state index < -0.39 is 0 Å². The van der Waals surface area contributed by atoms with Gasteiger partial charge in [0.25, 0.3) is 17.6 Å². The van der Waals surface area contributed by atoms with E-state index >= 15 is 0 Å². The number of aromatic nitrogens is 4. The van der Waals surface area contributed by atoms with Gasteiger partial charge in [-0.05, 0) is 49.7 Å². The Balaban J connectivity index is 1.51. The first-order valence-corrected chi connectivity index (χ1v) is 11.0. The highest BCUT2D eigenvalue weighted by molar-refractivity contribution is 7.98. The highest BCUT2D eigenvalue weighted by atomic mass is 32.2. The molecule has 9 heteroatoms. The quantitative estimate of drug-likeness (QED) is 0.439. The number of aryl methyl sites for hydroxylation is 2. The van der Waals surface area contributed by atoms with Crippen molar-refractivity contribution in [2.75, 3.05) is 12.4 Å². The van der Waals surface area contributed by atoms with Crippen LogP contribution in [0.1, 0.15) is 37.7 Å². The molecule has 2 aromatic heterocycles. The summed E-state index contributed by atoms with van der Waals surface area (Å²) in [7, 11) is 1.57. The molecule has 4 aromatic rings. The van der Waals surface area contributed by atoms with Gasteiger partial charge in [-0.25, -0.2) is 9.50 Å². The molecule has 8 nitrogen and oxygen atoms in total. The van der Waals surface area contributed by atoms with Crippen molar-refractivity contribution < 1.29 is 9.59 Å². The molecule has 2 aromatic carbocycles. The lowest BCUT2D eigenvalue weighted by Gasteiger charge is -2.10. The number of thioether (sulfide) groups is 1. The van der Waals surface area contributed by atoms with Crippen LogP contribution in [0.2, 0.25) is 0 Å². The van der Waals surface area contributed by atoms with Gasteiger partial charge in [-0.3, -0.25) is 9.59 Å². The zero-order chi connectivity index (χ0) is 22.7. The Morgan fingerprint density at radius 3 is 2.62 bits per heavy atom. The van der Waals surface area contributed by atoms with Crippen LogP contribution in [0.4, 0.5) is 5.69 Å². The predicted octanol–water partition coefficient (Wildman–Crippen LogP) is 3.65. The fraction of sp³-hybridized carbons (Fsp3) is 0.174. The van der Waals surface area contributed by atoms with Gasteiger partial charge in [-0.2, -0.15) is 4.98 Å². The number of benzene rings is 2. The van der Waals surface area contributed by atoms with E-state index in [1.54, 1.807) is 41.9 Å². The van der Waals surface area contributed by atoms with Gasteiger partial charge in [0.2, 0.25) is 5.16 Å². The van der Waals surface area contributed by atoms with Crippen LogP contribution in [0.5, 0.6) is 0 Å². The van der Waals surface area contributed by atoms with Crippen molar-refractivity contribution in [1.82, 2.24) is 24.9 Å². The Morgan fingerprint density at radius 1 is 1.00 bits per heavy atom. The maximum atomic E-state index is 13.0. The summed E-state index contributed by atoms with van der Waals surface area (Å²) in [5.41, 5.74) is 4.30. The van der Waals surface area contributed by atoms with Crippen LogP contribution in [0.15, 0.2) is 59.8 Å². The third-order valence-corrected chi connectivity index (χ3v) is 5.71. The summed E-state index contributed by atoms with van der Waals surface area (Å²) in [5, 5.41) is 10.6. The smallest absolute Gasteiger partial charge is 0.255 e. The standard InChI is InChI=1S/C23H22N6O2S/c1-14-11-15(2)29-22(25-14)27-23(28-29)32-13-17-7-4-5-10-19(17)21(31)26-18-9-6-8-16(12-18)20(30)24-3/h4-12H,13H2,1-3H3,(H,24,30)(H,26,31). The second-order valence-electron chi connectivity index (χ2n) is 7.20. The largest absolute Gasteiger partial charge is 0.355 e. The van der Waals surface area contributed by atoms with Gasteiger partial charge in [0.1, 0.15) is 0 Å². The van der Waals surface area contributed by atoms with Crippen LogP contribution in [-0.4, -0.2) is 38.4 Å². The first-order chi connectivity index (χ1) is 15.4. The van der Waals surface area contributed by atoms with Gasteiger partial charge in [-0.15, -0.1) is 5.10 Å². The molecule has 162 valence electrons. The van der Waals surface area contributed by atoms with Crippen LogP contribution in [0.3, 0.4) is 0 Å². The molecule has 0 unspecified atom stereocenters. The van der Waals surface area contributed by atoms with Crippen LogP contribution in [0, 0.1) is 13.8 Å². The Bertz CT molecular complexity index is 1320. The second-order valence-corrected chi connectivity index (χ2v) is 8.15. The van der Waals surface area contributed by atoms with E-state index in [9.17, 15) is 9.59 Å². The number of hydrogen-bond acceptors (Lipinski definition) is 6. The number of fused-ring (bicyclic) bond motifs is 1. The summed E-state index contributed by atoms with van der Waals surface area (Å²) in [6.45, 7) is 3.89. The highest BCUT2D eigenvalue weighted by Gasteiger charge is 2.14. The molecule has 0 saturated heterocycles. The van der Waals surface area contributed by atoms with Gasteiger partial charge >= 0.3 is 0 Å². The number of nitrogens with zero attached hydrogens (tertiary/aromatic N) is 4. The molecule has 4 rings (SSSR count). The van der Waals surface area contributed by atoms with Crippen LogP contribution < -0.4 is 10.6 Å². The molecule has 0 spiro atoms. The minimum atomic E-state index is -0.244. The van der Waals surface area contributed by atoms with E-state index in [0.717, 1.165) is 17.0 Å². The lowest BCUT2D eigenvalue weighted by atomic mass is 10.1. The van der Waals surface area contributed by atoms with Crippen molar-refractivity contribution in [1.29, 1.82) is 0 Å². The van der Waals surface area contributed by atoms with Crippen molar-refractivity contribution in [2.24, 2.45) is 0 Å². The van der Waals surface area contributed by atoms with Crippen molar-refractivity contribution in [3.63, 3.8) is 0 Å². The molecule has 0 fully saturated rings. The fourth-order valence-corrected chi connectivity index (χ4v) is 4.12. The molecule has 0 saturated carbocycles. The normalized spacial score (nSPS) is 10.8. The summed E-state index contributed by atoms with van der Waals surface area (Å²) in [6.07, 6.45) is 0. The summed E-state index contributed by atoms with van der Waals surface area (Å²) in [6, 6.07) is 16.2. The molecule has 0 aliphatic carbocycles. The average molecular weight is 447 g/mol. The minimum absolute atomic E-state index is 0.210. The van der Waals surface area contributed by atoms with Crippen molar-refractivity contribution in [2.45, 2.75) is 24.8 Å². The number of carbonyl (C=O) groups excluding carboxylic acids is 2. The summed E-state index contributed by atoms with van der Waals surface area (Å²) < 4.78 is 1.72. The number of rotatable bonds is 6. The molecule has 32 heavy (non-hydrogen) atoms. The Hall–Kier alpha value is -3.72. The lowest BCUT2D eigenvalue weighted by molar-refractivity contribution is 0.0961. The lowest BCUT2D eigenvalue weighted by Crippen LogP contribution is -2.18. The van der Waals surface area contributed by atoms with Gasteiger partial charge in [-0.1, -0.05) is 36.0 Å². The Kier molecular flexibility index (Phi) is 6.18. The number of carbonyl (C=O) groups is 2. The molecule has 2 heterocycles. The molecule has 0 aliphatic rings. The van der Waals surface area contributed by atoms with Crippen molar-refractivity contribution >= 4 is 35.0 Å². The highest BCUT2D eigenvalue weighted by Crippen LogP contribution is 2.23. The fourth-order valence-electron chi connectivity index (χ4n) is 3.30. The Morgan fingerprint density at radius 2 is 1.81 bits per heavy atom. The number of anilines is 1. The van der Waals surface area contributed by atoms with E-state index in [-0.39, 0.29) is 11.8 Å². The van der Waals surface area contributed by atoms with E-state index in [0.29, 0.717) is 33.5 Å². The SMILES string of the molecule is CNC(=O)c1cccc(NC(=O)c2ccccc2CSc2nc3nc(C)cc(C)n3n2)c1. The molecule has 0 bridgehead atoms. The zero-order valence-electron chi connectivity index (χ0n) is 17.9. The van der Waals surface area contributed by atoms with Gasteiger partial charge in [0.15, 0.2) is 0 Å². The van der Waals surface area contributed by atoms with Crippen molar-refractivity contribution in [3.8, 4) is 0 Å². The van der Waals surface area contributed by atoms with E-state index in [1.165, 1.54) is 11.8 Å². The molecular formula is C23H22N6O2S. The molecule has 2 N–H and O–H groups in total. The number of amides is 2. The third-order valence-electron chi connectivity index (χ3n) is 4.83. The molecule has 0 radical (unpaired) electrons. The Labute approximate surface area is 189 Å². The van der Waals surface area contributed by atoms with Crippen LogP contribution >= 0.6 is 11.8 Å². The summed E-state index contributed by atoms with van der Waals surface area (Å²) in [5.74, 6) is 0.632. The first-order valence-electron chi connectivity index (χ1n) is 10.00. The predicted molar refractivity (Wildman–Crippen MR) is 124 cm³/mol. The number of hydrogen-bond donors (Lipinski definition) is 2. The van der Waals surface area contributed by atoms with Crippen LogP contribution in [-0.2, 0) is 5.75 Å². The van der Waals surface area contributed by atoms with Gasteiger partial charge < -0.3 is 10.6 Å². The maximum absolute atomic E-state index is 13.0. The average Bonchev–Trinajstić information content (AvgIpc) is 3.20. The second kappa shape index (κ2) is 9.19. The van der Waals surface area contributed by atoms with E-state index in [4.69, 9.17) is 0 Å². The maximum Gasteiger partial charge on any atom is 0.255 e. The van der Waals surface area contributed by atoms with Crippen molar-refractivity contribution in [3.05, 3.63) is 82.7 Å². The molecule has 0 aliphatic heterocycles. The first kappa shape index (κ1) is 21.5. The van der Waals surface area contributed by atoms with Gasteiger partial charge in [0, 0.05) is 41.0 Å². The zero-order valence-corrected chi connectivity index (χ0v) is 18.7. The summed E-state index contributed by atoms with van der Waals surface area (Å²) >= 11 is 1.45. The minimum Gasteiger partial charge on any atom is -0.355 e. The monoisotopic (exact) mass is 446 g/mol. The topological polar surface area (TPSA) is 101 Å². The van der Waals surface area contributed by atoms with E-state index in [1.807, 2.05) is 38.1 Å². The van der Waals surface area contributed by atoms with Gasteiger partial charge in [0.05, 0.1) is 0 Å². The third kappa shape index (κ3) is 4.62. The summed E-state index contributed by atoms with van der Waals surface area (Å²) in [4.78, 5) is 33.7. The molecule has 2 amide bonds. The van der Waals surface area contributed by atoms with Crippen LogP contribution in [0.25, 0.3) is 5.78 Å². The number of nitrogens with one attached hydrogen (secondary N) is 2.